The minimum absolute atomic E-state index is 0.0254. The maximum absolute atomic E-state index is 13.3. The van der Waals surface area contributed by atoms with Crippen LogP contribution >= 0.6 is 23.5 Å². The van der Waals surface area contributed by atoms with Gasteiger partial charge in [0.25, 0.3) is 5.91 Å². The average Bonchev–Trinajstić information content (AvgIpc) is 3.40. The van der Waals surface area contributed by atoms with Gasteiger partial charge < -0.3 is 9.62 Å². The molecule has 2 aromatic rings. The van der Waals surface area contributed by atoms with E-state index in [0.717, 1.165) is 61.3 Å². The molecule has 4 rings (SSSR count). The fourth-order valence-electron chi connectivity index (χ4n) is 3.72. The Morgan fingerprint density at radius 3 is 2.82 bits per heavy atom. The molecule has 2 heterocycles. The third-order valence-corrected chi connectivity index (χ3v) is 7.76. The van der Waals surface area contributed by atoms with E-state index in [1.54, 1.807) is 11.3 Å². The summed E-state index contributed by atoms with van der Waals surface area (Å²) in [6.07, 6.45) is 14.3. The third-order valence-electron chi connectivity index (χ3n) is 5.38. The highest BCUT2D eigenvalue weighted by Crippen LogP contribution is 2.30. The first-order chi connectivity index (χ1) is 16.2. The van der Waals surface area contributed by atoms with E-state index in [-0.39, 0.29) is 5.91 Å². The van der Waals surface area contributed by atoms with Crippen molar-refractivity contribution in [1.82, 2.24) is 9.62 Å². The molecule has 6 nitrogen and oxygen atoms in total. The summed E-state index contributed by atoms with van der Waals surface area (Å²) in [5, 5.41) is 4.07. The minimum Gasteiger partial charge on any atom is -0.339 e. The van der Waals surface area contributed by atoms with Gasteiger partial charge in [0.05, 0.1) is 29.1 Å². The first-order valence-electron chi connectivity index (χ1n) is 10.6. The van der Waals surface area contributed by atoms with Crippen molar-refractivity contribution in [3.8, 4) is 23.6 Å². The van der Waals surface area contributed by atoms with Gasteiger partial charge in [-0.3, -0.25) is 9.52 Å². The van der Waals surface area contributed by atoms with Crippen molar-refractivity contribution in [2.45, 2.75) is 25.7 Å². The van der Waals surface area contributed by atoms with Crippen molar-refractivity contribution in [1.29, 1.82) is 0 Å². The Morgan fingerprint density at radius 2 is 2.06 bits per heavy atom. The van der Waals surface area contributed by atoms with Crippen LogP contribution in [0.5, 0.6) is 0 Å². The van der Waals surface area contributed by atoms with Gasteiger partial charge in [0.2, 0.25) is 0 Å². The molecule has 1 saturated heterocycles. The van der Waals surface area contributed by atoms with Crippen LogP contribution in [0, 0.1) is 12.5 Å². The van der Waals surface area contributed by atoms with E-state index in [4.69, 9.17) is 6.42 Å². The van der Waals surface area contributed by atoms with Crippen LogP contribution in [0.2, 0.25) is 0 Å². The molecule has 0 spiro atoms. The molecule has 2 aliphatic rings. The minimum atomic E-state index is -1.53. The van der Waals surface area contributed by atoms with E-state index < -0.39 is 11.0 Å². The van der Waals surface area contributed by atoms with Crippen LogP contribution in [0.25, 0.3) is 11.1 Å². The summed E-state index contributed by atoms with van der Waals surface area (Å²) in [4.78, 5) is 15.9. The van der Waals surface area contributed by atoms with Gasteiger partial charge in [-0.15, -0.1) is 0 Å². The summed E-state index contributed by atoms with van der Waals surface area (Å²) in [5.41, 5.74) is 3.91. The predicted octanol–water partition coefficient (Wildman–Crippen LogP) is 5.15. The van der Waals surface area contributed by atoms with Gasteiger partial charge in [-0.2, -0.15) is 15.7 Å². The monoisotopic (exact) mass is 496 g/mol. The lowest BCUT2D eigenvalue weighted by molar-refractivity contribution is 0.0725. The Balaban J connectivity index is 1.58. The summed E-state index contributed by atoms with van der Waals surface area (Å²) in [7, 11) is -1.53. The number of nitrogens with zero attached hydrogens (tertiary/aromatic N) is 2. The second-order valence-corrected chi connectivity index (χ2v) is 10.2. The largest absolute Gasteiger partial charge is 0.339 e. The van der Waals surface area contributed by atoms with E-state index in [0.29, 0.717) is 22.6 Å². The van der Waals surface area contributed by atoms with Crippen LogP contribution in [-0.4, -0.2) is 33.8 Å². The number of amides is 1. The number of terminal acetylenes is 1. The first kappa shape index (κ1) is 23.4. The maximum atomic E-state index is 13.3. The summed E-state index contributed by atoms with van der Waals surface area (Å²) in [5.74, 6) is -0.0254. The van der Waals surface area contributed by atoms with Crippen molar-refractivity contribution in [3.05, 3.63) is 63.7 Å². The van der Waals surface area contributed by atoms with Crippen molar-refractivity contribution < 1.29 is 9.00 Å². The molecule has 9 heteroatoms. The van der Waals surface area contributed by atoms with E-state index >= 15 is 0 Å². The van der Waals surface area contributed by atoms with Crippen LogP contribution < -0.4 is 9.44 Å². The lowest BCUT2D eigenvalue weighted by atomic mass is 10.0. The summed E-state index contributed by atoms with van der Waals surface area (Å²) < 4.78 is 23.3. The quantitative estimate of drug-likeness (QED) is 0.241. The molecular formula is C24H24N4O2S3. The molecule has 1 atom stereocenters. The van der Waals surface area contributed by atoms with Gasteiger partial charge >= 0.3 is 0 Å². The molecule has 0 bridgehead atoms. The van der Waals surface area contributed by atoms with Gasteiger partial charge in [-0.05, 0) is 71.5 Å². The molecule has 1 aliphatic carbocycles. The zero-order valence-electron chi connectivity index (χ0n) is 18.0. The number of anilines is 1. The molecule has 33 heavy (non-hydrogen) atoms. The molecule has 1 amide bonds. The number of benzene rings is 1. The zero-order valence-corrected chi connectivity index (χ0v) is 20.4. The summed E-state index contributed by atoms with van der Waals surface area (Å²) in [6.45, 7) is 1.51. The summed E-state index contributed by atoms with van der Waals surface area (Å²) >= 11 is 2.67. The van der Waals surface area contributed by atoms with Crippen LogP contribution in [0.1, 0.15) is 36.0 Å². The van der Waals surface area contributed by atoms with Crippen molar-refractivity contribution >= 4 is 51.8 Å². The Hall–Kier alpha value is -2.80. The fraction of sp³-hybridized carbons (Fsp3) is 0.250. The van der Waals surface area contributed by atoms with Crippen molar-refractivity contribution in [2.24, 2.45) is 4.40 Å². The van der Waals surface area contributed by atoms with Crippen molar-refractivity contribution in [2.75, 3.05) is 17.8 Å². The Morgan fingerprint density at radius 1 is 1.21 bits per heavy atom. The number of likely N-dealkylation sites (tertiary alicyclic amines) is 1. The predicted molar refractivity (Wildman–Crippen MR) is 140 cm³/mol. The summed E-state index contributed by atoms with van der Waals surface area (Å²) in [6, 6.07) is 10.0. The van der Waals surface area contributed by atoms with Crippen LogP contribution in [0.15, 0.2) is 62.6 Å². The molecule has 1 aromatic carbocycles. The molecule has 0 radical (unpaired) electrons. The van der Waals surface area contributed by atoms with Crippen LogP contribution in [0.3, 0.4) is 0 Å². The first-order valence-corrected chi connectivity index (χ1v) is 13.5. The smallest absolute Gasteiger partial charge is 0.255 e. The number of allylic oxidation sites excluding steroid dienone is 4. The number of hydrogen-bond donors (Lipinski definition) is 2. The Bertz CT molecular complexity index is 1160. The number of thiophene rings is 1. The number of carbonyl (C=O) groups is 1. The second-order valence-electron chi connectivity index (χ2n) is 7.59. The van der Waals surface area contributed by atoms with Gasteiger partial charge in [0.15, 0.2) is 0 Å². The topological polar surface area (TPSA) is 73.8 Å². The van der Waals surface area contributed by atoms with E-state index in [1.807, 2.05) is 52.8 Å². The lowest BCUT2D eigenvalue weighted by Gasteiger charge is -2.27. The molecule has 1 fully saturated rings. The maximum Gasteiger partial charge on any atom is 0.255 e. The van der Waals surface area contributed by atoms with Gasteiger partial charge in [-0.25, -0.2) is 4.21 Å². The molecule has 1 unspecified atom stereocenters. The van der Waals surface area contributed by atoms with Gasteiger partial charge in [-0.1, -0.05) is 18.6 Å². The Kier molecular flexibility index (Phi) is 8.05. The zero-order chi connectivity index (χ0) is 23.0. The standard InChI is InChI=1S/C24H24N4O2S3/c1-2-25-32-26-20-7-6-8-21(16-20)33(30)27-23-15-18(19-11-14-31-17-19)9-10-22(23)24(29)28-12-4-3-5-13-28/h1,6-11,14-15,17,25,27H,3-5,12-13,16H2/b26-20-. The number of hydrogen-bond acceptors (Lipinski definition) is 6. The fourth-order valence-corrected chi connectivity index (χ4v) is 5.70. The lowest BCUT2D eigenvalue weighted by Crippen LogP contribution is -2.36. The van der Waals surface area contributed by atoms with E-state index in [2.05, 4.69) is 25.3 Å². The average molecular weight is 497 g/mol. The molecule has 170 valence electrons. The van der Waals surface area contributed by atoms with E-state index in [1.165, 1.54) is 0 Å². The highest BCUT2D eigenvalue weighted by molar-refractivity contribution is 7.96. The van der Waals surface area contributed by atoms with Crippen LogP contribution in [0.4, 0.5) is 5.69 Å². The Labute approximate surface area is 205 Å². The van der Waals surface area contributed by atoms with E-state index in [9.17, 15) is 9.00 Å². The van der Waals surface area contributed by atoms with Gasteiger partial charge in [0, 0.05) is 30.5 Å². The second kappa shape index (κ2) is 11.4. The molecule has 1 aliphatic heterocycles. The third kappa shape index (κ3) is 5.96. The van der Waals surface area contributed by atoms with Gasteiger partial charge in [0.1, 0.15) is 11.0 Å². The number of carbonyl (C=O) groups excluding carboxylic acids is 1. The molecule has 2 N–H and O–H groups in total. The number of nitrogens with one attached hydrogen (secondary N) is 2. The molecule has 1 aromatic heterocycles. The normalized spacial score (nSPS) is 17.8. The van der Waals surface area contributed by atoms with Crippen LogP contribution in [-0.2, 0) is 11.0 Å². The SMILES string of the molecule is C#CNS/N=C1/C=CC=C(S(=O)Nc2cc(-c3ccsc3)ccc2C(=O)N2CCCCC2)C1. The molecular weight excluding hydrogens is 472 g/mol. The number of piperidine rings is 1. The van der Waals surface area contributed by atoms with Crippen molar-refractivity contribution in [3.63, 3.8) is 0 Å². The number of rotatable bonds is 7. The highest BCUT2D eigenvalue weighted by Gasteiger charge is 2.23. The highest BCUT2D eigenvalue weighted by atomic mass is 32.2. The molecule has 0 saturated carbocycles.